The van der Waals surface area contributed by atoms with Gasteiger partial charge in [-0.2, -0.15) is 0 Å². The molecule has 0 aliphatic carbocycles. The molecule has 2 bridgehead atoms. The molecular weight excluding hydrogens is 466 g/mol. The number of fused-ring (bicyclic) bond motifs is 3. The number of sulfone groups is 1. The van der Waals surface area contributed by atoms with Crippen LogP contribution in [0.4, 0.5) is 4.79 Å². The van der Waals surface area contributed by atoms with Crippen molar-refractivity contribution in [2.45, 2.75) is 49.0 Å². The van der Waals surface area contributed by atoms with Crippen molar-refractivity contribution in [3.63, 3.8) is 0 Å². The molecule has 0 aromatic heterocycles. The molecule has 2 atom stereocenters. The van der Waals surface area contributed by atoms with Crippen molar-refractivity contribution in [1.29, 1.82) is 0 Å². The summed E-state index contributed by atoms with van der Waals surface area (Å²) in [5, 5.41) is 0.0298. The molecule has 1 aromatic carbocycles. The van der Waals surface area contributed by atoms with Gasteiger partial charge in [0, 0.05) is 49.7 Å². The Morgan fingerprint density at radius 2 is 1.64 bits per heavy atom. The Labute approximate surface area is 198 Å². The van der Waals surface area contributed by atoms with E-state index in [1.165, 1.54) is 4.90 Å². The van der Waals surface area contributed by atoms with E-state index in [0.717, 1.165) is 18.4 Å². The number of carbonyl (C=O) groups is 3. The Bertz CT molecular complexity index is 1090. The van der Waals surface area contributed by atoms with Gasteiger partial charge >= 0.3 is 6.03 Å². The number of rotatable bonds is 5. The molecule has 4 heterocycles. The summed E-state index contributed by atoms with van der Waals surface area (Å²) >= 11 is 6.22. The van der Waals surface area contributed by atoms with Crippen molar-refractivity contribution >= 4 is 39.3 Å². The predicted molar refractivity (Wildman–Crippen MR) is 123 cm³/mol. The third-order valence-corrected chi connectivity index (χ3v) is 10.7. The maximum absolute atomic E-state index is 13.1. The van der Waals surface area contributed by atoms with Crippen LogP contribution in [-0.4, -0.2) is 84.2 Å². The lowest BCUT2D eigenvalue weighted by molar-refractivity contribution is -0.131. The fourth-order valence-electron chi connectivity index (χ4n) is 5.87. The SMILES string of the molecule is O=C1c2cccc(Cl)c2CCN1CCN1C(=O)CCN(CC2CC3CCC(C2)S3(=O)=O)C1=O. The molecule has 8 nitrogen and oxygen atoms in total. The summed E-state index contributed by atoms with van der Waals surface area (Å²) in [5.41, 5.74) is 1.42. The van der Waals surface area contributed by atoms with Crippen LogP contribution in [0.1, 0.15) is 48.0 Å². The van der Waals surface area contributed by atoms with Crippen LogP contribution in [0.3, 0.4) is 0 Å². The van der Waals surface area contributed by atoms with E-state index < -0.39 is 9.84 Å². The van der Waals surface area contributed by atoms with E-state index >= 15 is 0 Å². The van der Waals surface area contributed by atoms with E-state index in [9.17, 15) is 22.8 Å². The van der Waals surface area contributed by atoms with E-state index in [-0.39, 0.29) is 53.8 Å². The Balaban J connectivity index is 1.21. The number of halogens is 1. The zero-order valence-corrected chi connectivity index (χ0v) is 20.0. The van der Waals surface area contributed by atoms with Gasteiger partial charge in [-0.05, 0) is 55.7 Å². The molecule has 0 N–H and O–H groups in total. The van der Waals surface area contributed by atoms with Crippen LogP contribution in [-0.2, 0) is 21.1 Å². The molecular formula is C23H28ClN3O5S. The highest BCUT2D eigenvalue weighted by molar-refractivity contribution is 7.93. The summed E-state index contributed by atoms with van der Waals surface area (Å²) in [6.45, 7) is 1.78. The van der Waals surface area contributed by atoms with Gasteiger partial charge in [0.05, 0.1) is 10.5 Å². The monoisotopic (exact) mass is 493 g/mol. The highest BCUT2D eigenvalue weighted by Gasteiger charge is 2.47. The highest BCUT2D eigenvalue weighted by atomic mass is 35.5. The van der Waals surface area contributed by atoms with Gasteiger partial charge in [0.2, 0.25) is 5.91 Å². The van der Waals surface area contributed by atoms with Gasteiger partial charge in [-0.1, -0.05) is 17.7 Å². The lowest BCUT2D eigenvalue weighted by Crippen LogP contribution is -2.56. The average Bonchev–Trinajstić information content (AvgIpc) is 2.93. The van der Waals surface area contributed by atoms with Gasteiger partial charge in [-0.15, -0.1) is 0 Å². The van der Waals surface area contributed by atoms with Crippen molar-refractivity contribution in [3.8, 4) is 0 Å². The molecule has 4 aliphatic heterocycles. The van der Waals surface area contributed by atoms with Crippen LogP contribution < -0.4 is 0 Å². The van der Waals surface area contributed by atoms with Gasteiger partial charge < -0.3 is 9.80 Å². The third-order valence-electron chi connectivity index (χ3n) is 7.67. The summed E-state index contributed by atoms with van der Waals surface area (Å²) in [6, 6.07) is 4.95. The third kappa shape index (κ3) is 4.03. The van der Waals surface area contributed by atoms with Crippen molar-refractivity contribution < 1.29 is 22.8 Å². The minimum Gasteiger partial charge on any atom is -0.337 e. The lowest BCUT2D eigenvalue weighted by Gasteiger charge is -2.39. The highest BCUT2D eigenvalue weighted by Crippen LogP contribution is 2.41. The van der Waals surface area contributed by atoms with Crippen LogP contribution >= 0.6 is 11.6 Å². The first-order chi connectivity index (χ1) is 15.8. The van der Waals surface area contributed by atoms with Crippen LogP contribution in [0, 0.1) is 5.92 Å². The van der Waals surface area contributed by atoms with E-state index in [2.05, 4.69) is 0 Å². The standard InChI is InChI=1S/C23H28ClN3O5S/c24-20-3-1-2-19-18(20)6-8-25(22(19)29)10-11-27-21(28)7-9-26(23(27)30)14-15-12-16-4-5-17(13-15)33(16,31)32/h1-3,15-17H,4-14H2. The summed E-state index contributed by atoms with van der Waals surface area (Å²) in [5.74, 6) is -0.211. The molecule has 33 heavy (non-hydrogen) atoms. The van der Waals surface area contributed by atoms with Crippen LogP contribution in [0.5, 0.6) is 0 Å². The number of amides is 4. The molecule has 0 saturated carbocycles. The summed E-state index contributed by atoms with van der Waals surface area (Å²) in [6.07, 6.45) is 3.53. The maximum atomic E-state index is 13.1. The molecule has 4 amide bonds. The van der Waals surface area contributed by atoms with Gasteiger partial charge in [0.25, 0.3) is 5.91 Å². The van der Waals surface area contributed by atoms with Crippen molar-refractivity contribution in [1.82, 2.24) is 14.7 Å². The van der Waals surface area contributed by atoms with Gasteiger partial charge in [-0.25, -0.2) is 13.2 Å². The second-order valence-corrected chi connectivity index (χ2v) is 12.5. The van der Waals surface area contributed by atoms with E-state index in [1.54, 1.807) is 28.0 Å². The Morgan fingerprint density at radius 3 is 2.36 bits per heavy atom. The quantitative estimate of drug-likeness (QED) is 0.627. The summed E-state index contributed by atoms with van der Waals surface area (Å²) in [4.78, 5) is 43.1. The fraction of sp³-hybridized carbons (Fsp3) is 0.609. The number of imide groups is 1. The van der Waals surface area contributed by atoms with Gasteiger partial charge in [0.15, 0.2) is 9.84 Å². The van der Waals surface area contributed by atoms with Crippen molar-refractivity contribution in [2.24, 2.45) is 5.92 Å². The number of hydrogen-bond donors (Lipinski definition) is 0. The Morgan fingerprint density at radius 1 is 0.939 bits per heavy atom. The first-order valence-corrected chi connectivity index (χ1v) is 13.6. The topological polar surface area (TPSA) is 95.1 Å². The smallest absolute Gasteiger partial charge is 0.326 e. The Kier molecular flexibility index (Phi) is 5.89. The lowest BCUT2D eigenvalue weighted by atomic mass is 9.98. The Hall–Kier alpha value is -2.13. The number of hydrogen-bond acceptors (Lipinski definition) is 5. The molecule has 2 unspecified atom stereocenters. The molecule has 4 aliphatic rings. The average molecular weight is 494 g/mol. The first kappa shape index (κ1) is 22.7. The second-order valence-electron chi connectivity index (χ2n) is 9.58. The minimum absolute atomic E-state index is 0.133. The summed E-state index contributed by atoms with van der Waals surface area (Å²) < 4.78 is 24.7. The van der Waals surface area contributed by atoms with Crippen molar-refractivity contribution in [3.05, 3.63) is 34.3 Å². The molecule has 0 radical (unpaired) electrons. The number of benzene rings is 1. The number of urea groups is 1. The fourth-order valence-corrected chi connectivity index (χ4v) is 8.69. The molecule has 178 valence electrons. The normalized spacial score (nSPS) is 28.9. The zero-order chi connectivity index (χ0) is 23.3. The molecule has 3 saturated heterocycles. The zero-order valence-electron chi connectivity index (χ0n) is 18.4. The van der Waals surface area contributed by atoms with Gasteiger partial charge in [0.1, 0.15) is 0 Å². The van der Waals surface area contributed by atoms with Crippen LogP contribution in [0.2, 0.25) is 5.02 Å². The molecule has 5 rings (SSSR count). The van der Waals surface area contributed by atoms with Crippen molar-refractivity contribution in [2.75, 3.05) is 32.7 Å². The minimum atomic E-state index is -3.00. The van der Waals surface area contributed by atoms with Crippen LogP contribution in [0.15, 0.2) is 18.2 Å². The maximum Gasteiger partial charge on any atom is 0.326 e. The van der Waals surface area contributed by atoms with E-state index in [4.69, 9.17) is 11.6 Å². The van der Waals surface area contributed by atoms with Crippen LogP contribution in [0.25, 0.3) is 0 Å². The predicted octanol–water partition coefficient (Wildman–Crippen LogP) is 2.35. The molecule has 3 fully saturated rings. The summed E-state index contributed by atoms with van der Waals surface area (Å²) in [7, 11) is -3.00. The van der Waals surface area contributed by atoms with E-state index in [1.807, 2.05) is 0 Å². The molecule has 1 aromatic rings. The van der Waals surface area contributed by atoms with Gasteiger partial charge in [-0.3, -0.25) is 14.5 Å². The largest absolute Gasteiger partial charge is 0.337 e. The molecule has 0 spiro atoms. The second kappa shape index (κ2) is 8.58. The molecule has 10 heteroatoms. The first-order valence-electron chi connectivity index (χ1n) is 11.6. The number of nitrogens with zero attached hydrogens (tertiary/aromatic N) is 3. The van der Waals surface area contributed by atoms with E-state index in [0.29, 0.717) is 49.5 Å². The number of carbonyl (C=O) groups excluding carboxylic acids is 3.